The summed E-state index contributed by atoms with van der Waals surface area (Å²) in [6, 6.07) is 13.4. The number of amides is 1. The molecule has 0 unspecified atom stereocenters. The number of halogens is 1. The quantitative estimate of drug-likeness (QED) is 0.747. The number of aromatic nitrogens is 3. The van der Waals surface area contributed by atoms with E-state index in [9.17, 15) is 9.18 Å². The summed E-state index contributed by atoms with van der Waals surface area (Å²) >= 11 is 0. The van der Waals surface area contributed by atoms with E-state index in [0.29, 0.717) is 5.56 Å². The van der Waals surface area contributed by atoms with Crippen molar-refractivity contribution in [3.8, 4) is 0 Å². The monoisotopic (exact) mass is 342 g/mol. The van der Waals surface area contributed by atoms with E-state index in [1.807, 2.05) is 24.3 Å². The van der Waals surface area contributed by atoms with Crippen LogP contribution in [-0.2, 0) is 16.1 Å². The summed E-state index contributed by atoms with van der Waals surface area (Å²) in [5.74, 6) is -0.612. The minimum absolute atomic E-state index is 0.0263. The Kier molecular flexibility index (Phi) is 5.04. The van der Waals surface area contributed by atoms with Crippen LogP contribution in [0.3, 0.4) is 0 Å². The van der Waals surface area contributed by atoms with Crippen LogP contribution in [0.4, 0.5) is 4.39 Å². The minimum Gasteiger partial charge on any atom is -0.375 e. The van der Waals surface area contributed by atoms with E-state index in [-0.39, 0.29) is 18.3 Å². The molecule has 1 N–H and O–H groups in total. The first-order valence-electron chi connectivity index (χ1n) is 7.95. The van der Waals surface area contributed by atoms with Gasteiger partial charge in [0.05, 0.1) is 11.6 Å². The van der Waals surface area contributed by atoms with Gasteiger partial charge in [-0.05, 0) is 25.1 Å². The van der Waals surface area contributed by atoms with Crippen LogP contribution in [-0.4, -0.2) is 34.1 Å². The van der Waals surface area contributed by atoms with E-state index in [0.717, 1.165) is 11.0 Å². The average Bonchev–Trinajstić information content (AvgIpc) is 3.00. The number of carbonyl (C=O) groups excluding carboxylic acids is 1. The maximum atomic E-state index is 14.0. The fraction of sp³-hybridized carbons (Fsp3) is 0.278. The van der Waals surface area contributed by atoms with Crippen molar-refractivity contribution in [2.24, 2.45) is 0 Å². The SMILES string of the molecule is CO[C@@H](c1ccccc1F)[C@@H](C)NC(=O)Cn1nnc2ccccc21. The summed E-state index contributed by atoms with van der Waals surface area (Å²) in [5, 5.41) is 10.9. The predicted molar refractivity (Wildman–Crippen MR) is 91.3 cm³/mol. The molecule has 25 heavy (non-hydrogen) atoms. The molecule has 1 heterocycles. The number of ether oxygens (including phenoxy) is 1. The van der Waals surface area contributed by atoms with E-state index >= 15 is 0 Å². The molecular formula is C18H19FN4O2. The second-order valence-electron chi connectivity index (χ2n) is 5.77. The zero-order valence-corrected chi connectivity index (χ0v) is 14.0. The van der Waals surface area contributed by atoms with E-state index < -0.39 is 12.1 Å². The fourth-order valence-electron chi connectivity index (χ4n) is 2.85. The summed E-state index contributed by atoms with van der Waals surface area (Å²) in [6.07, 6.45) is -0.586. The Morgan fingerprint density at radius 3 is 2.72 bits per heavy atom. The zero-order valence-electron chi connectivity index (χ0n) is 14.0. The summed E-state index contributed by atoms with van der Waals surface area (Å²) in [4.78, 5) is 12.4. The normalized spacial score (nSPS) is 13.6. The van der Waals surface area contributed by atoms with Crippen molar-refractivity contribution in [3.05, 3.63) is 59.9 Å². The Morgan fingerprint density at radius 1 is 1.24 bits per heavy atom. The van der Waals surface area contributed by atoms with Crippen LogP contribution in [0.15, 0.2) is 48.5 Å². The van der Waals surface area contributed by atoms with Gasteiger partial charge in [0.1, 0.15) is 24.0 Å². The molecule has 1 amide bonds. The van der Waals surface area contributed by atoms with Gasteiger partial charge in [0.25, 0.3) is 0 Å². The molecule has 0 aliphatic rings. The molecule has 0 radical (unpaired) electrons. The highest BCUT2D eigenvalue weighted by Crippen LogP contribution is 2.23. The third-order valence-corrected chi connectivity index (χ3v) is 4.02. The maximum Gasteiger partial charge on any atom is 0.242 e. The Morgan fingerprint density at radius 2 is 1.96 bits per heavy atom. The standard InChI is InChI=1S/C18H19FN4O2/c1-12(18(25-2)13-7-3-4-8-14(13)19)20-17(24)11-23-16-10-6-5-9-15(16)21-22-23/h3-10,12,18H,11H2,1-2H3,(H,20,24)/t12-,18-/m1/s1. The second-order valence-corrected chi connectivity index (χ2v) is 5.77. The van der Waals surface area contributed by atoms with Crippen LogP contribution in [0.1, 0.15) is 18.6 Å². The third-order valence-electron chi connectivity index (χ3n) is 4.02. The van der Waals surface area contributed by atoms with Gasteiger partial charge in [0.15, 0.2) is 0 Å². The molecule has 3 rings (SSSR count). The molecule has 0 saturated heterocycles. The van der Waals surface area contributed by atoms with E-state index in [1.165, 1.54) is 17.9 Å². The van der Waals surface area contributed by atoms with Gasteiger partial charge >= 0.3 is 0 Å². The predicted octanol–water partition coefficient (Wildman–Crippen LogP) is 2.46. The minimum atomic E-state index is -0.586. The Bertz CT molecular complexity index is 880. The highest BCUT2D eigenvalue weighted by Gasteiger charge is 2.23. The summed E-state index contributed by atoms with van der Waals surface area (Å²) in [5.41, 5.74) is 1.91. The highest BCUT2D eigenvalue weighted by molar-refractivity contribution is 5.79. The van der Waals surface area contributed by atoms with Gasteiger partial charge in [-0.25, -0.2) is 9.07 Å². The van der Waals surface area contributed by atoms with Crippen molar-refractivity contribution >= 4 is 16.9 Å². The molecule has 1 aromatic heterocycles. The van der Waals surface area contributed by atoms with Crippen LogP contribution in [0.25, 0.3) is 11.0 Å². The summed E-state index contributed by atoms with van der Waals surface area (Å²) in [6.45, 7) is 1.80. The molecule has 0 saturated carbocycles. The molecule has 130 valence electrons. The van der Waals surface area contributed by atoms with Gasteiger partial charge in [-0.15, -0.1) is 5.10 Å². The van der Waals surface area contributed by atoms with Gasteiger partial charge in [-0.3, -0.25) is 4.79 Å². The number of fused-ring (bicyclic) bond motifs is 1. The molecule has 7 heteroatoms. The largest absolute Gasteiger partial charge is 0.375 e. The van der Waals surface area contributed by atoms with Crippen molar-refractivity contribution in [2.45, 2.75) is 25.6 Å². The summed E-state index contributed by atoms with van der Waals surface area (Å²) < 4.78 is 20.9. The first kappa shape index (κ1) is 17.0. The molecule has 0 spiro atoms. The first-order valence-corrected chi connectivity index (χ1v) is 7.95. The van der Waals surface area contributed by atoms with Crippen LogP contribution >= 0.6 is 0 Å². The Labute approximate surface area is 144 Å². The number of nitrogens with zero attached hydrogens (tertiary/aromatic N) is 3. The fourth-order valence-corrected chi connectivity index (χ4v) is 2.85. The molecule has 3 aromatic rings. The van der Waals surface area contributed by atoms with Crippen molar-refractivity contribution in [1.82, 2.24) is 20.3 Å². The van der Waals surface area contributed by atoms with Crippen molar-refractivity contribution in [3.63, 3.8) is 0 Å². The van der Waals surface area contributed by atoms with Gasteiger partial charge in [-0.1, -0.05) is 35.5 Å². The number of hydrogen-bond acceptors (Lipinski definition) is 4. The van der Waals surface area contributed by atoms with Crippen molar-refractivity contribution in [1.29, 1.82) is 0 Å². The number of para-hydroxylation sites is 1. The van der Waals surface area contributed by atoms with Gasteiger partial charge in [0, 0.05) is 12.7 Å². The van der Waals surface area contributed by atoms with Crippen LogP contribution in [0.2, 0.25) is 0 Å². The number of methoxy groups -OCH3 is 1. The lowest BCUT2D eigenvalue weighted by Crippen LogP contribution is -2.40. The van der Waals surface area contributed by atoms with Crippen molar-refractivity contribution < 1.29 is 13.9 Å². The molecule has 2 atom stereocenters. The molecule has 0 fully saturated rings. The van der Waals surface area contributed by atoms with E-state index in [2.05, 4.69) is 15.6 Å². The Balaban J connectivity index is 1.70. The molecular weight excluding hydrogens is 323 g/mol. The van der Waals surface area contributed by atoms with Crippen LogP contribution < -0.4 is 5.32 Å². The molecule has 6 nitrogen and oxygen atoms in total. The van der Waals surface area contributed by atoms with Gasteiger partial charge in [0.2, 0.25) is 5.91 Å². The first-order chi connectivity index (χ1) is 12.1. The van der Waals surface area contributed by atoms with Crippen molar-refractivity contribution in [2.75, 3.05) is 7.11 Å². The smallest absolute Gasteiger partial charge is 0.242 e. The number of hydrogen-bond donors (Lipinski definition) is 1. The maximum absolute atomic E-state index is 14.0. The summed E-state index contributed by atoms with van der Waals surface area (Å²) in [7, 11) is 1.49. The number of nitrogens with one attached hydrogen (secondary N) is 1. The third kappa shape index (κ3) is 3.66. The van der Waals surface area contributed by atoms with Gasteiger partial charge < -0.3 is 10.1 Å². The molecule has 0 bridgehead atoms. The lowest BCUT2D eigenvalue weighted by atomic mass is 10.0. The number of rotatable bonds is 6. The molecule has 2 aromatic carbocycles. The lowest BCUT2D eigenvalue weighted by molar-refractivity contribution is -0.123. The van der Waals surface area contributed by atoms with Gasteiger partial charge in [-0.2, -0.15) is 0 Å². The molecule has 0 aliphatic carbocycles. The average molecular weight is 342 g/mol. The molecule has 0 aliphatic heterocycles. The van der Waals surface area contributed by atoms with E-state index in [1.54, 1.807) is 25.1 Å². The lowest BCUT2D eigenvalue weighted by Gasteiger charge is -2.24. The second kappa shape index (κ2) is 7.40. The zero-order chi connectivity index (χ0) is 17.8. The highest BCUT2D eigenvalue weighted by atomic mass is 19.1. The van der Waals surface area contributed by atoms with Crippen LogP contribution in [0, 0.1) is 5.82 Å². The Hall–Kier alpha value is -2.80. The number of carbonyl (C=O) groups is 1. The van der Waals surface area contributed by atoms with E-state index in [4.69, 9.17) is 4.74 Å². The topological polar surface area (TPSA) is 69.0 Å². The van der Waals surface area contributed by atoms with Crippen LogP contribution in [0.5, 0.6) is 0 Å². The number of benzene rings is 2.